The monoisotopic (exact) mass is 362 g/mol. The zero-order valence-corrected chi connectivity index (χ0v) is 16.2. The number of rotatable bonds is 12. The van der Waals surface area contributed by atoms with Gasteiger partial charge in [0.25, 0.3) is 0 Å². The van der Waals surface area contributed by atoms with Crippen LogP contribution in [0, 0.1) is 0 Å². The standard InChI is InChI=1S/C20H34N4O2/c1-3-5-7-9-14-21-19(25)23-17-12-11-13-18(16-17)24-20(26)22-15-10-8-6-4-2/h11-13,16H,3-10,14-15H2,1-2H3,(H2,21,23,25)(H2,22,24,26). The van der Waals surface area contributed by atoms with Gasteiger partial charge >= 0.3 is 12.1 Å². The summed E-state index contributed by atoms with van der Waals surface area (Å²) in [6.45, 7) is 5.66. The molecule has 0 aliphatic rings. The van der Waals surface area contributed by atoms with Crippen LogP contribution < -0.4 is 21.3 Å². The van der Waals surface area contributed by atoms with E-state index in [1.807, 2.05) is 0 Å². The quantitative estimate of drug-likeness (QED) is 0.391. The van der Waals surface area contributed by atoms with E-state index in [0.717, 1.165) is 25.7 Å². The van der Waals surface area contributed by atoms with Gasteiger partial charge in [-0.1, -0.05) is 58.4 Å². The number of carbonyl (C=O) groups excluding carboxylic acids is 2. The summed E-state index contributed by atoms with van der Waals surface area (Å²) >= 11 is 0. The van der Waals surface area contributed by atoms with Crippen LogP contribution in [-0.4, -0.2) is 25.2 Å². The zero-order valence-electron chi connectivity index (χ0n) is 16.2. The minimum atomic E-state index is -0.223. The van der Waals surface area contributed by atoms with Gasteiger partial charge in [0.2, 0.25) is 0 Å². The van der Waals surface area contributed by atoms with E-state index < -0.39 is 0 Å². The van der Waals surface area contributed by atoms with Gasteiger partial charge in [0.05, 0.1) is 0 Å². The Kier molecular flexibility index (Phi) is 11.7. The third-order valence-corrected chi connectivity index (χ3v) is 4.01. The normalized spacial score (nSPS) is 10.2. The van der Waals surface area contributed by atoms with Crippen molar-refractivity contribution in [2.24, 2.45) is 0 Å². The van der Waals surface area contributed by atoms with E-state index in [0.29, 0.717) is 24.5 Å². The van der Waals surface area contributed by atoms with E-state index in [4.69, 9.17) is 0 Å². The van der Waals surface area contributed by atoms with Crippen molar-refractivity contribution in [1.82, 2.24) is 10.6 Å². The molecule has 0 atom stereocenters. The lowest BCUT2D eigenvalue weighted by atomic mass is 10.2. The van der Waals surface area contributed by atoms with Crippen LogP contribution in [0.1, 0.15) is 65.2 Å². The lowest BCUT2D eigenvalue weighted by Gasteiger charge is -2.10. The van der Waals surface area contributed by atoms with Gasteiger partial charge < -0.3 is 21.3 Å². The van der Waals surface area contributed by atoms with Crippen LogP contribution in [0.4, 0.5) is 21.0 Å². The SMILES string of the molecule is CCCCCCNC(=O)Nc1cccc(NC(=O)NCCCCCC)c1. The highest BCUT2D eigenvalue weighted by Gasteiger charge is 2.04. The maximum absolute atomic E-state index is 11.9. The van der Waals surface area contributed by atoms with Crippen LogP contribution in [0.25, 0.3) is 0 Å². The van der Waals surface area contributed by atoms with Gasteiger partial charge in [-0.2, -0.15) is 0 Å². The van der Waals surface area contributed by atoms with E-state index in [2.05, 4.69) is 35.1 Å². The van der Waals surface area contributed by atoms with Crippen LogP contribution in [0.5, 0.6) is 0 Å². The Morgan fingerprint density at radius 2 is 1.19 bits per heavy atom. The number of amides is 4. The molecule has 0 saturated heterocycles. The molecule has 6 heteroatoms. The molecular formula is C20H34N4O2. The summed E-state index contributed by atoms with van der Waals surface area (Å²) < 4.78 is 0. The molecule has 146 valence electrons. The predicted molar refractivity (Wildman–Crippen MR) is 109 cm³/mol. The van der Waals surface area contributed by atoms with Gasteiger partial charge in [0, 0.05) is 24.5 Å². The van der Waals surface area contributed by atoms with Crippen molar-refractivity contribution in [1.29, 1.82) is 0 Å². The number of unbranched alkanes of at least 4 members (excludes halogenated alkanes) is 6. The first kappa shape index (κ1) is 21.8. The smallest absolute Gasteiger partial charge is 0.319 e. The van der Waals surface area contributed by atoms with E-state index >= 15 is 0 Å². The highest BCUT2D eigenvalue weighted by molar-refractivity contribution is 5.92. The molecule has 1 aromatic rings. The molecule has 6 nitrogen and oxygen atoms in total. The van der Waals surface area contributed by atoms with Crippen molar-refractivity contribution in [3.63, 3.8) is 0 Å². The Morgan fingerprint density at radius 1 is 0.731 bits per heavy atom. The van der Waals surface area contributed by atoms with Crippen molar-refractivity contribution >= 4 is 23.4 Å². The lowest BCUT2D eigenvalue weighted by molar-refractivity contribution is 0.251. The molecule has 4 N–H and O–H groups in total. The summed E-state index contributed by atoms with van der Waals surface area (Å²) in [5.41, 5.74) is 1.30. The Bertz CT molecular complexity index is 491. The molecule has 0 radical (unpaired) electrons. The van der Waals surface area contributed by atoms with Gasteiger partial charge in [0.15, 0.2) is 0 Å². The highest BCUT2D eigenvalue weighted by Crippen LogP contribution is 2.15. The number of nitrogens with one attached hydrogen (secondary N) is 4. The minimum absolute atomic E-state index is 0.223. The van der Waals surface area contributed by atoms with Crippen LogP contribution in [0.3, 0.4) is 0 Å². The van der Waals surface area contributed by atoms with Crippen molar-refractivity contribution in [3.8, 4) is 0 Å². The number of anilines is 2. The number of urea groups is 2. The first-order valence-electron chi connectivity index (χ1n) is 9.85. The van der Waals surface area contributed by atoms with Gasteiger partial charge in [-0.05, 0) is 31.0 Å². The lowest BCUT2D eigenvalue weighted by Crippen LogP contribution is -2.30. The minimum Gasteiger partial charge on any atom is -0.338 e. The number of hydrogen-bond donors (Lipinski definition) is 4. The summed E-state index contributed by atoms with van der Waals surface area (Å²) in [5, 5.41) is 11.3. The van der Waals surface area contributed by atoms with Gasteiger partial charge in [-0.3, -0.25) is 0 Å². The average molecular weight is 363 g/mol. The Labute approximate surface area is 157 Å². The maximum atomic E-state index is 11.9. The first-order chi connectivity index (χ1) is 12.7. The molecule has 26 heavy (non-hydrogen) atoms. The third-order valence-electron chi connectivity index (χ3n) is 4.01. The van der Waals surface area contributed by atoms with Crippen molar-refractivity contribution in [2.75, 3.05) is 23.7 Å². The zero-order chi connectivity index (χ0) is 19.0. The molecule has 4 amide bonds. The number of carbonyl (C=O) groups is 2. The average Bonchev–Trinajstić information content (AvgIpc) is 2.61. The Hall–Kier alpha value is -2.24. The number of hydrogen-bond acceptors (Lipinski definition) is 2. The predicted octanol–water partition coefficient (Wildman–Crippen LogP) is 5.09. The second-order valence-corrected chi connectivity index (χ2v) is 6.46. The van der Waals surface area contributed by atoms with Gasteiger partial charge in [-0.15, -0.1) is 0 Å². The van der Waals surface area contributed by atoms with Crippen LogP contribution >= 0.6 is 0 Å². The molecule has 0 fully saturated rings. The fourth-order valence-electron chi connectivity index (χ4n) is 2.53. The molecule has 0 saturated carbocycles. The van der Waals surface area contributed by atoms with Crippen molar-refractivity contribution in [3.05, 3.63) is 24.3 Å². The third kappa shape index (κ3) is 10.6. The Morgan fingerprint density at radius 3 is 1.62 bits per heavy atom. The molecule has 1 rings (SSSR count). The molecule has 0 unspecified atom stereocenters. The molecular weight excluding hydrogens is 328 g/mol. The summed E-state index contributed by atoms with van der Waals surface area (Å²) in [6.07, 6.45) is 8.97. The van der Waals surface area contributed by atoms with Gasteiger partial charge in [-0.25, -0.2) is 9.59 Å². The largest absolute Gasteiger partial charge is 0.338 e. The van der Waals surface area contributed by atoms with E-state index in [1.54, 1.807) is 24.3 Å². The Balaban J connectivity index is 2.30. The van der Waals surface area contributed by atoms with E-state index in [-0.39, 0.29) is 12.1 Å². The van der Waals surface area contributed by atoms with Crippen LogP contribution in [-0.2, 0) is 0 Å². The van der Waals surface area contributed by atoms with Crippen molar-refractivity contribution < 1.29 is 9.59 Å². The molecule has 0 aromatic heterocycles. The molecule has 0 spiro atoms. The molecule has 0 heterocycles. The van der Waals surface area contributed by atoms with Gasteiger partial charge in [0.1, 0.15) is 0 Å². The molecule has 1 aromatic carbocycles. The summed E-state index contributed by atoms with van der Waals surface area (Å²) in [7, 11) is 0. The van der Waals surface area contributed by atoms with Crippen LogP contribution in [0.15, 0.2) is 24.3 Å². The second kappa shape index (κ2) is 14.0. The molecule has 0 aliphatic heterocycles. The summed E-state index contributed by atoms with van der Waals surface area (Å²) in [6, 6.07) is 6.69. The molecule has 0 aliphatic carbocycles. The van der Waals surface area contributed by atoms with Crippen molar-refractivity contribution in [2.45, 2.75) is 65.2 Å². The summed E-state index contributed by atoms with van der Waals surface area (Å²) in [4.78, 5) is 23.8. The highest BCUT2D eigenvalue weighted by atomic mass is 16.2. The second-order valence-electron chi connectivity index (χ2n) is 6.46. The fourth-order valence-corrected chi connectivity index (χ4v) is 2.53. The summed E-state index contributed by atoms with van der Waals surface area (Å²) in [5.74, 6) is 0. The fraction of sp³-hybridized carbons (Fsp3) is 0.600. The van der Waals surface area contributed by atoms with E-state index in [1.165, 1.54) is 25.7 Å². The van der Waals surface area contributed by atoms with E-state index in [9.17, 15) is 9.59 Å². The molecule has 0 bridgehead atoms. The van der Waals surface area contributed by atoms with Crippen LogP contribution in [0.2, 0.25) is 0 Å². The number of benzene rings is 1. The maximum Gasteiger partial charge on any atom is 0.319 e. The topological polar surface area (TPSA) is 82.3 Å². The first-order valence-corrected chi connectivity index (χ1v) is 9.85.